The smallest absolute Gasteiger partial charge is 0.298 e. The van der Waals surface area contributed by atoms with Gasteiger partial charge in [-0.2, -0.15) is 8.78 Å². The third kappa shape index (κ3) is 6.96. The fraction of sp³-hybridized carbons (Fsp3) is 0.485. The Bertz CT molecular complexity index is 1190. The maximum absolute atomic E-state index is 14.1. The van der Waals surface area contributed by atoms with Crippen LogP contribution in [0.5, 0.6) is 0 Å². The second-order valence-electron chi connectivity index (χ2n) is 11.5. The zero-order valence-corrected chi connectivity index (χ0v) is 22.8. The number of hydrogen-bond acceptors (Lipinski definition) is 4. The Balaban J connectivity index is 1.25. The third-order valence-corrected chi connectivity index (χ3v) is 8.32. The van der Waals surface area contributed by atoms with Crippen LogP contribution in [0.3, 0.4) is 0 Å². The molecule has 2 aromatic rings. The number of allylic oxidation sites excluding steroid dienone is 3. The molecule has 0 bridgehead atoms. The van der Waals surface area contributed by atoms with E-state index in [1.807, 2.05) is 12.3 Å². The van der Waals surface area contributed by atoms with Crippen LogP contribution in [0.15, 0.2) is 71.6 Å². The van der Waals surface area contributed by atoms with Crippen molar-refractivity contribution in [1.82, 2.24) is 0 Å². The van der Waals surface area contributed by atoms with Crippen molar-refractivity contribution in [2.24, 2.45) is 10.9 Å². The molecule has 39 heavy (non-hydrogen) atoms. The molecule has 4 nitrogen and oxygen atoms in total. The second kappa shape index (κ2) is 12.0. The highest BCUT2D eigenvalue weighted by Gasteiger charge is 2.43. The average Bonchev–Trinajstić information content (AvgIpc) is 3.68. The molecule has 5 rings (SSSR count). The van der Waals surface area contributed by atoms with E-state index in [0.717, 1.165) is 73.9 Å². The molecule has 6 heteroatoms. The molecule has 1 heterocycles. The van der Waals surface area contributed by atoms with E-state index >= 15 is 0 Å². The van der Waals surface area contributed by atoms with Gasteiger partial charge in [-0.3, -0.25) is 0 Å². The number of benzene rings is 2. The van der Waals surface area contributed by atoms with E-state index in [9.17, 15) is 13.9 Å². The monoisotopic (exact) mass is 534 g/mol. The van der Waals surface area contributed by atoms with Crippen LogP contribution in [-0.2, 0) is 17.1 Å². The first kappa shape index (κ1) is 27.6. The van der Waals surface area contributed by atoms with Crippen LogP contribution < -0.4 is 5.32 Å². The summed E-state index contributed by atoms with van der Waals surface area (Å²) in [4.78, 5) is 4.66. The highest BCUT2D eigenvalue weighted by molar-refractivity contribution is 5.77. The largest absolute Gasteiger partial charge is 0.477 e. The summed E-state index contributed by atoms with van der Waals surface area (Å²) in [6, 6.07) is 14.9. The number of hydrogen-bond donors (Lipinski definition) is 2. The van der Waals surface area contributed by atoms with E-state index in [-0.39, 0.29) is 11.1 Å². The summed E-state index contributed by atoms with van der Waals surface area (Å²) in [6.45, 7) is 1.85. The molecule has 2 aromatic carbocycles. The van der Waals surface area contributed by atoms with Crippen molar-refractivity contribution in [3.05, 3.63) is 83.3 Å². The predicted octanol–water partition coefficient (Wildman–Crippen LogP) is 8.03. The Labute approximate surface area is 230 Å². The van der Waals surface area contributed by atoms with Crippen molar-refractivity contribution in [2.75, 3.05) is 11.9 Å². The molecule has 2 N–H and O–H groups in total. The van der Waals surface area contributed by atoms with E-state index in [2.05, 4.69) is 40.7 Å². The lowest BCUT2D eigenvalue weighted by atomic mass is 9.90. The van der Waals surface area contributed by atoms with Gasteiger partial charge in [-0.1, -0.05) is 61.7 Å². The van der Waals surface area contributed by atoms with Gasteiger partial charge in [-0.25, -0.2) is 4.99 Å². The molecule has 2 fully saturated rings. The Morgan fingerprint density at radius 3 is 2.44 bits per heavy atom. The van der Waals surface area contributed by atoms with Gasteiger partial charge >= 0.3 is 0 Å². The number of nitrogens with one attached hydrogen (secondary N) is 1. The number of nitrogens with zero attached hydrogens (tertiary/aromatic N) is 1. The van der Waals surface area contributed by atoms with Crippen molar-refractivity contribution in [2.45, 2.75) is 88.7 Å². The summed E-state index contributed by atoms with van der Waals surface area (Å²) >= 11 is 0. The molecule has 0 spiro atoms. The summed E-state index contributed by atoms with van der Waals surface area (Å²) < 4.78 is 34.6. The molecule has 208 valence electrons. The minimum atomic E-state index is -3.25. The molecule has 0 radical (unpaired) electrons. The van der Waals surface area contributed by atoms with Gasteiger partial charge in [0.2, 0.25) is 5.88 Å². The van der Waals surface area contributed by atoms with Crippen LogP contribution >= 0.6 is 0 Å². The van der Waals surface area contributed by atoms with Gasteiger partial charge in [0.25, 0.3) is 5.92 Å². The molecule has 0 amide bonds. The molecule has 0 saturated heterocycles. The molecule has 2 aliphatic carbocycles. The Morgan fingerprint density at radius 2 is 1.77 bits per heavy atom. The van der Waals surface area contributed by atoms with Gasteiger partial charge in [0, 0.05) is 28.6 Å². The number of alkyl halides is 2. The van der Waals surface area contributed by atoms with Gasteiger partial charge in [-0.05, 0) is 87.1 Å². The van der Waals surface area contributed by atoms with E-state index in [0.29, 0.717) is 5.92 Å². The van der Waals surface area contributed by atoms with Crippen LogP contribution in [0.1, 0.15) is 81.4 Å². The van der Waals surface area contributed by atoms with E-state index in [1.54, 1.807) is 12.1 Å². The van der Waals surface area contributed by atoms with Crippen LogP contribution in [0.4, 0.5) is 14.5 Å². The van der Waals surface area contributed by atoms with Crippen molar-refractivity contribution in [3.63, 3.8) is 0 Å². The fourth-order valence-corrected chi connectivity index (χ4v) is 5.66. The lowest BCUT2D eigenvalue weighted by Crippen LogP contribution is -2.28. The average molecular weight is 535 g/mol. The SMILES string of the molecule is CC(O)C(F)(F)c1ccc(CC2(Nc3ccc(/C4=C(OCC5CCCCC5)/N=C\C=C/CC4)cc3)CC2)cc1. The maximum atomic E-state index is 14.1. The molecule has 0 aromatic heterocycles. The zero-order chi connectivity index (χ0) is 27.3. The van der Waals surface area contributed by atoms with Crippen LogP contribution in [-0.4, -0.2) is 29.6 Å². The maximum Gasteiger partial charge on any atom is 0.298 e. The van der Waals surface area contributed by atoms with Crippen molar-refractivity contribution in [3.8, 4) is 0 Å². The number of aliphatic hydroxyl groups excluding tert-OH is 1. The standard InChI is InChI=1S/C33H40F2N2O2/c1-24(38)33(34,35)28-15-11-25(12-16-28)22-32(19-20-32)37-29-17-13-27(14-18-29)30-10-6-3-7-21-36-31(30)39-23-26-8-4-2-5-9-26/h3,7,11-18,21,24,26,37-38H,2,4-6,8-10,19-20,22-23H2,1H3/b7-3-,31-30-,36-21-. The lowest BCUT2D eigenvalue weighted by Gasteiger charge is -2.23. The van der Waals surface area contributed by atoms with Gasteiger partial charge in [0.05, 0.1) is 6.61 Å². The second-order valence-corrected chi connectivity index (χ2v) is 11.5. The molecular formula is C33H40F2N2O2. The molecule has 1 atom stereocenters. The number of aliphatic imine (C=N–C) groups is 1. The first-order chi connectivity index (χ1) is 18.8. The molecule has 2 saturated carbocycles. The lowest BCUT2D eigenvalue weighted by molar-refractivity contribution is -0.106. The van der Waals surface area contributed by atoms with E-state index in [4.69, 9.17) is 4.74 Å². The van der Waals surface area contributed by atoms with Gasteiger partial charge < -0.3 is 15.2 Å². The molecule has 1 unspecified atom stereocenters. The summed E-state index contributed by atoms with van der Waals surface area (Å²) in [5, 5.41) is 13.1. The Morgan fingerprint density at radius 1 is 1.05 bits per heavy atom. The van der Waals surface area contributed by atoms with Gasteiger partial charge in [-0.15, -0.1) is 0 Å². The summed E-state index contributed by atoms with van der Waals surface area (Å²) in [5.74, 6) is -1.88. The predicted molar refractivity (Wildman–Crippen MR) is 154 cm³/mol. The van der Waals surface area contributed by atoms with Crippen LogP contribution in [0, 0.1) is 5.92 Å². The first-order valence-electron chi connectivity index (χ1n) is 14.4. The van der Waals surface area contributed by atoms with Gasteiger partial charge in [0.1, 0.15) is 6.10 Å². The molecule has 1 aliphatic heterocycles. The number of anilines is 1. The fourth-order valence-electron chi connectivity index (χ4n) is 5.66. The van der Waals surface area contributed by atoms with Crippen molar-refractivity contribution in [1.29, 1.82) is 0 Å². The van der Waals surface area contributed by atoms with E-state index < -0.39 is 12.0 Å². The topological polar surface area (TPSA) is 53.8 Å². The minimum Gasteiger partial charge on any atom is -0.477 e. The summed E-state index contributed by atoms with van der Waals surface area (Å²) in [5.41, 5.74) is 4.12. The Kier molecular flexibility index (Phi) is 8.51. The highest BCUT2D eigenvalue weighted by Crippen LogP contribution is 2.42. The van der Waals surface area contributed by atoms with Crippen LogP contribution in [0.25, 0.3) is 5.57 Å². The Hall–Kier alpha value is -2.99. The number of rotatable bonds is 10. The van der Waals surface area contributed by atoms with Crippen molar-refractivity contribution < 1.29 is 18.6 Å². The third-order valence-electron chi connectivity index (χ3n) is 8.32. The number of ether oxygens (including phenoxy) is 1. The van der Waals surface area contributed by atoms with Crippen molar-refractivity contribution >= 4 is 17.5 Å². The summed E-state index contributed by atoms with van der Waals surface area (Å²) in [6.07, 6.45) is 15.3. The zero-order valence-electron chi connectivity index (χ0n) is 22.8. The molecular weight excluding hydrogens is 494 g/mol. The summed E-state index contributed by atoms with van der Waals surface area (Å²) in [7, 11) is 0. The first-order valence-corrected chi connectivity index (χ1v) is 14.4. The molecule has 3 aliphatic rings. The quantitative estimate of drug-likeness (QED) is 0.324. The number of halogens is 2. The minimum absolute atomic E-state index is 0.0569. The highest BCUT2D eigenvalue weighted by atomic mass is 19.3. The van der Waals surface area contributed by atoms with Gasteiger partial charge in [0.15, 0.2) is 0 Å². The normalized spacial score (nSPS) is 23.8. The van der Waals surface area contributed by atoms with Crippen LogP contribution in [0.2, 0.25) is 0 Å². The van der Waals surface area contributed by atoms with E-state index in [1.165, 1.54) is 44.2 Å². The number of aliphatic hydroxyl groups is 1.